The Kier molecular flexibility index (Phi) is 4.27. The van der Waals surface area contributed by atoms with Gasteiger partial charge < -0.3 is 10.2 Å². The third kappa shape index (κ3) is 4.06. The first-order valence-corrected chi connectivity index (χ1v) is 6.32. The molecule has 0 aliphatic carbocycles. The van der Waals surface area contributed by atoms with Crippen LogP contribution >= 0.6 is 11.5 Å². The number of hydrogen-bond donors (Lipinski definition) is 1. The van der Waals surface area contributed by atoms with Crippen molar-refractivity contribution < 1.29 is 0 Å². The number of nitrogens with one attached hydrogen (secondary N) is 1. The molecule has 1 unspecified atom stereocenters. The van der Waals surface area contributed by atoms with Crippen LogP contribution < -0.4 is 5.32 Å². The standard InChI is InChI=1S/C11H22N4S/c1-8(7-15(5)6)12-10-13-9(14-16-10)11(2,3)4/h8H,7H2,1-6H3,(H,12,13,14). The maximum atomic E-state index is 4.51. The molecule has 1 aromatic heterocycles. The van der Waals surface area contributed by atoms with Gasteiger partial charge in [-0.15, -0.1) is 0 Å². The van der Waals surface area contributed by atoms with Crippen LogP contribution in [0.15, 0.2) is 0 Å². The topological polar surface area (TPSA) is 41.0 Å². The van der Waals surface area contributed by atoms with E-state index in [9.17, 15) is 0 Å². The Labute approximate surface area is 102 Å². The second kappa shape index (κ2) is 5.10. The number of anilines is 1. The molecule has 1 N–H and O–H groups in total. The van der Waals surface area contributed by atoms with E-state index >= 15 is 0 Å². The Bertz CT molecular complexity index is 327. The largest absolute Gasteiger partial charge is 0.357 e. The number of likely N-dealkylation sites (N-methyl/N-ethyl adjacent to an activating group) is 1. The smallest absolute Gasteiger partial charge is 0.202 e. The summed E-state index contributed by atoms with van der Waals surface area (Å²) < 4.78 is 4.37. The van der Waals surface area contributed by atoms with E-state index in [0.29, 0.717) is 6.04 Å². The lowest BCUT2D eigenvalue weighted by Gasteiger charge is -2.17. The van der Waals surface area contributed by atoms with Gasteiger partial charge in [0, 0.05) is 29.5 Å². The fourth-order valence-electron chi connectivity index (χ4n) is 1.39. The van der Waals surface area contributed by atoms with Crippen molar-refractivity contribution in [2.75, 3.05) is 26.0 Å². The van der Waals surface area contributed by atoms with Crippen molar-refractivity contribution >= 4 is 16.7 Å². The first-order chi connectivity index (χ1) is 7.29. The summed E-state index contributed by atoms with van der Waals surface area (Å²) >= 11 is 1.44. The van der Waals surface area contributed by atoms with Crippen molar-refractivity contribution in [3.63, 3.8) is 0 Å². The zero-order chi connectivity index (χ0) is 12.3. The number of aromatic nitrogens is 2. The monoisotopic (exact) mass is 242 g/mol. The molecule has 0 spiro atoms. The van der Waals surface area contributed by atoms with Gasteiger partial charge in [0.15, 0.2) is 0 Å². The van der Waals surface area contributed by atoms with Gasteiger partial charge in [-0.2, -0.15) is 4.37 Å². The molecule has 4 nitrogen and oxygen atoms in total. The van der Waals surface area contributed by atoms with Crippen LogP contribution in [0.2, 0.25) is 0 Å². The molecule has 0 aliphatic rings. The van der Waals surface area contributed by atoms with E-state index < -0.39 is 0 Å². The average Bonchev–Trinajstić information content (AvgIpc) is 2.49. The van der Waals surface area contributed by atoms with Gasteiger partial charge in [0.2, 0.25) is 5.13 Å². The highest BCUT2D eigenvalue weighted by Crippen LogP contribution is 2.23. The summed E-state index contributed by atoms with van der Waals surface area (Å²) in [6.07, 6.45) is 0. The van der Waals surface area contributed by atoms with Crippen LogP contribution in [0.3, 0.4) is 0 Å². The van der Waals surface area contributed by atoms with E-state index in [2.05, 4.69) is 61.4 Å². The zero-order valence-electron chi connectivity index (χ0n) is 11.0. The van der Waals surface area contributed by atoms with Crippen LogP contribution in [0.5, 0.6) is 0 Å². The van der Waals surface area contributed by atoms with Crippen molar-refractivity contribution in [3.05, 3.63) is 5.82 Å². The summed E-state index contributed by atoms with van der Waals surface area (Å²) in [5, 5.41) is 4.28. The first-order valence-electron chi connectivity index (χ1n) is 5.54. The quantitative estimate of drug-likeness (QED) is 0.879. The molecule has 0 aliphatic heterocycles. The van der Waals surface area contributed by atoms with Crippen molar-refractivity contribution in [2.45, 2.75) is 39.2 Å². The molecule has 0 radical (unpaired) electrons. The highest BCUT2D eigenvalue weighted by Gasteiger charge is 2.19. The summed E-state index contributed by atoms with van der Waals surface area (Å²) in [6.45, 7) is 9.52. The second-order valence-corrected chi connectivity index (χ2v) is 6.23. The summed E-state index contributed by atoms with van der Waals surface area (Å²) in [5.74, 6) is 0.914. The third-order valence-electron chi connectivity index (χ3n) is 2.11. The van der Waals surface area contributed by atoms with Crippen LogP contribution in [-0.2, 0) is 5.41 Å². The minimum atomic E-state index is 0.0290. The molecule has 0 saturated carbocycles. The van der Waals surface area contributed by atoms with Crippen LogP contribution in [0.4, 0.5) is 5.13 Å². The minimum absolute atomic E-state index is 0.0290. The molecule has 1 heterocycles. The van der Waals surface area contributed by atoms with Gasteiger partial charge in [0.05, 0.1) is 0 Å². The molecule has 0 fully saturated rings. The van der Waals surface area contributed by atoms with Crippen LogP contribution in [0.25, 0.3) is 0 Å². The van der Waals surface area contributed by atoms with Gasteiger partial charge >= 0.3 is 0 Å². The van der Waals surface area contributed by atoms with Crippen molar-refractivity contribution in [1.29, 1.82) is 0 Å². The minimum Gasteiger partial charge on any atom is -0.357 e. The van der Waals surface area contributed by atoms with Crippen LogP contribution in [-0.4, -0.2) is 40.9 Å². The highest BCUT2D eigenvalue weighted by molar-refractivity contribution is 7.09. The maximum Gasteiger partial charge on any atom is 0.202 e. The first kappa shape index (κ1) is 13.4. The molecule has 1 rings (SSSR count). The summed E-state index contributed by atoms with van der Waals surface area (Å²) in [4.78, 5) is 6.66. The third-order valence-corrected chi connectivity index (χ3v) is 2.75. The molecule has 5 heteroatoms. The van der Waals surface area contributed by atoms with Gasteiger partial charge in [-0.3, -0.25) is 0 Å². The molecule has 1 aromatic rings. The Morgan fingerprint density at radius 1 is 1.38 bits per heavy atom. The predicted molar refractivity (Wildman–Crippen MR) is 70.2 cm³/mol. The van der Waals surface area contributed by atoms with Gasteiger partial charge in [-0.25, -0.2) is 4.98 Å². The molecule has 92 valence electrons. The van der Waals surface area contributed by atoms with Gasteiger partial charge in [0.25, 0.3) is 0 Å². The number of rotatable bonds is 4. The molecule has 0 aromatic carbocycles. The van der Waals surface area contributed by atoms with Crippen LogP contribution in [0.1, 0.15) is 33.5 Å². The summed E-state index contributed by atoms with van der Waals surface area (Å²) in [7, 11) is 4.14. The second-order valence-electron chi connectivity index (χ2n) is 5.48. The lowest BCUT2D eigenvalue weighted by molar-refractivity contribution is 0.392. The molecule has 1 atom stereocenters. The van der Waals surface area contributed by atoms with Crippen molar-refractivity contribution in [3.8, 4) is 0 Å². The molecular formula is C11H22N4S. The van der Waals surface area contributed by atoms with Gasteiger partial charge in [0.1, 0.15) is 5.82 Å². The zero-order valence-corrected chi connectivity index (χ0v) is 11.9. The fraction of sp³-hybridized carbons (Fsp3) is 0.818. The van der Waals surface area contributed by atoms with E-state index in [1.165, 1.54) is 11.5 Å². The number of hydrogen-bond acceptors (Lipinski definition) is 5. The fourth-order valence-corrected chi connectivity index (χ4v) is 2.26. The molecule has 0 bridgehead atoms. The van der Waals surface area contributed by atoms with E-state index in [4.69, 9.17) is 0 Å². The number of nitrogens with zero attached hydrogens (tertiary/aromatic N) is 3. The van der Waals surface area contributed by atoms with E-state index in [0.717, 1.165) is 17.5 Å². The maximum absolute atomic E-state index is 4.51. The van der Waals surface area contributed by atoms with Crippen molar-refractivity contribution in [1.82, 2.24) is 14.3 Å². The lowest BCUT2D eigenvalue weighted by atomic mass is 9.96. The van der Waals surface area contributed by atoms with E-state index in [-0.39, 0.29) is 5.41 Å². The Morgan fingerprint density at radius 3 is 2.44 bits per heavy atom. The Morgan fingerprint density at radius 2 is 2.00 bits per heavy atom. The molecular weight excluding hydrogens is 220 g/mol. The lowest BCUT2D eigenvalue weighted by Crippen LogP contribution is -2.29. The van der Waals surface area contributed by atoms with E-state index in [1.54, 1.807) is 0 Å². The Balaban J connectivity index is 2.59. The SMILES string of the molecule is CC(CN(C)C)Nc1nc(C(C)(C)C)ns1. The van der Waals surface area contributed by atoms with E-state index in [1.807, 2.05) is 0 Å². The van der Waals surface area contributed by atoms with Gasteiger partial charge in [-0.05, 0) is 21.0 Å². The Hall–Kier alpha value is -0.680. The highest BCUT2D eigenvalue weighted by atomic mass is 32.1. The molecule has 16 heavy (non-hydrogen) atoms. The molecule has 0 amide bonds. The van der Waals surface area contributed by atoms with Gasteiger partial charge in [-0.1, -0.05) is 20.8 Å². The average molecular weight is 242 g/mol. The summed E-state index contributed by atoms with van der Waals surface area (Å²) in [6, 6.07) is 0.385. The summed E-state index contributed by atoms with van der Waals surface area (Å²) in [5.41, 5.74) is 0.0290. The predicted octanol–water partition coefficient (Wildman–Crippen LogP) is 2.20. The van der Waals surface area contributed by atoms with Crippen LogP contribution in [0, 0.1) is 0 Å². The normalized spacial score (nSPS) is 14.2. The molecule has 0 saturated heterocycles. The van der Waals surface area contributed by atoms with Crippen molar-refractivity contribution in [2.24, 2.45) is 0 Å².